The van der Waals surface area contributed by atoms with Crippen molar-refractivity contribution < 1.29 is 18.8 Å². The number of rotatable bonds is 8. The van der Waals surface area contributed by atoms with Crippen molar-refractivity contribution in [3.8, 4) is 11.5 Å². The Kier molecular flexibility index (Phi) is 6.61. The van der Waals surface area contributed by atoms with Crippen molar-refractivity contribution in [3.63, 3.8) is 0 Å². The van der Waals surface area contributed by atoms with Crippen molar-refractivity contribution in [1.29, 1.82) is 0 Å². The molecule has 5 heteroatoms. The standard InChI is InChI=1S/C19H24N2O3/c1-4-15-8-11-21(12-9-15)14-19(22)20-10-7-16-5-6-17(23-2)18(13-16)24-3/h5-6,8-9,11-13H,4,7,10,14H2,1-3H3/p+1. The van der Waals surface area contributed by atoms with E-state index in [1.54, 1.807) is 14.2 Å². The Bertz CT molecular complexity index is 669. The second kappa shape index (κ2) is 8.91. The zero-order chi connectivity index (χ0) is 17.4. The summed E-state index contributed by atoms with van der Waals surface area (Å²) in [6.45, 7) is 3.03. The highest BCUT2D eigenvalue weighted by molar-refractivity contribution is 5.74. The highest BCUT2D eigenvalue weighted by Crippen LogP contribution is 2.27. The van der Waals surface area contributed by atoms with Gasteiger partial charge in [-0.05, 0) is 36.1 Å². The maximum atomic E-state index is 12.0. The minimum Gasteiger partial charge on any atom is -0.493 e. The second-order valence-corrected chi connectivity index (χ2v) is 5.52. The smallest absolute Gasteiger partial charge is 0.285 e. The van der Waals surface area contributed by atoms with Crippen LogP contribution in [0.4, 0.5) is 0 Å². The average Bonchev–Trinajstić information content (AvgIpc) is 2.62. The van der Waals surface area contributed by atoms with E-state index in [1.165, 1.54) is 5.56 Å². The van der Waals surface area contributed by atoms with Crippen LogP contribution in [-0.4, -0.2) is 26.7 Å². The summed E-state index contributed by atoms with van der Waals surface area (Å²) in [6, 6.07) is 9.86. The number of ether oxygens (including phenoxy) is 2. The molecule has 128 valence electrons. The van der Waals surface area contributed by atoms with Crippen molar-refractivity contribution in [3.05, 3.63) is 53.9 Å². The summed E-state index contributed by atoms with van der Waals surface area (Å²) in [5.74, 6) is 1.41. The van der Waals surface area contributed by atoms with Crippen molar-refractivity contribution >= 4 is 5.91 Å². The zero-order valence-electron chi connectivity index (χ0n) is 14.5. The van der Waals surface area contributed by atoms with Crippen molar-refractivity contribution in [2.24, 2.45) is 0 Å². The number of nitrogens with one attached hydrogen (secondary N) is 1. The SMILES string of the molecule is CCc1cc[n+](CC(=O)NCCc2ccc(OC)c(OC)c2)cc1. The Morgan fingerprint density at radius 3 is 2.38 bits per heavy atom. The maximum absolute atomic E-state index is 12.0. The molecular formula is C19H25N2O3+. The summed E-state index contributed by atoms with van der Waals surface area (Å²) in [5.41, 5.74) is 2.35. The van der Waals surface area contributed by atoms with Gasteiger partial charge in [-0.1, -0.05) is 13.0 Å². The van der Waals surface area contributed by atoms with E-state index in [0.29, 0.717) is 24.6 Å². The van der Waals surface area contributed by atoms with Gasteiger partial charge in [0, 0.05) is 18.7 Å². The molecule has 0 saturated heterocycles. The topological polar surface area (TPSA) is 51.4 Å². The van der Waals surface area contributed by atoms with Crippen LogP contribution in [0.25, 0.3) is 0 Å². The third kappa shape index (κ3) is 4.98. The molecule has 0 unspecified atom stereocenters. The molecule has 1 amide bonds. The number of nitrogens with zero attached hydrogens (tertiary/aromatic N) is 1. The second-order valence-electron chi connectivity index (χ2n) is 5.52. The van der Waals surface area contributed by atoms with Gasteiger partial charge in [0.2, 0.25) is 6.54 Å². The fourth-order valence-corrected chi connectivity index (χ4v) is 2.43. The van der Waals surface area contributed by atoms with Gasteiger partial charge in [0.15, 0.2) is 23.9 Å². The molecule has 0 spiro atoms. The summed E-state index contributed by atoms with van der Waals surface area (Å²) >= 11 is 0. The molecule has 1 aromatic carbocycles. The Morgan fingerprint density at radius 2 is 1.75 bits per heavy atom. The normalized spacial score (nSPS) is 10.3. The number of hydrogen-bond acceptors (Lipinski definition) is 3. The zero-order valence-corrected chi connectivity index (χ0v) is 14.5. The van der Waals surface area contributed by atoms with Crippen molar-refractivity contribution in [2.75, 3.05) is 20.8 Å². The van der Waals surface area contributed by atoms with Crippen LogP contribution >= 0.6 is 0 Å². The third-order valence-electron chi connectivity index (χ3n) is 3.88. The van der Waals surface area contributed by atoms with Gasteiger partial charge >= 0.3 is 0 Å². The monoisotopic (exact) mass is 329 g/mol. The summed E-state index contributed by atoms with van der Waals surface area (Å²) < 4.78 is 12.4. The average molecular weight is 329 g/mol. The molecule has 0 aliphatic carbocycles. The number of aromatic nitrogens is 1. The largest absolute Gasteiger partial charge is 0.493 e. The molecule has 0 radical (unpaired) electrons. The minimum atomic E-state index is 0.00438. The van der Waals surface area contributed by atoms with Gasteiger partial charge in [0.1, 0.15) is 0 Å². The number of carbonyl (C=O) groups is 1. The lowest BCUT2D eigenvalue weighted by molar-refractivity contribution is -0.684. The Hall–Kier alpha value is -2.56. The predicted octanol–water partition coefficient (Wildman–Crippen LogP) is 1.91. The van der Waals surface area contributed by atoms with Crippen molar-refractivity contribution in [1.82, 2.24) is 5.32 Å². The molecule has 0 bridgehead atoms. The van der Waals surface area contributed by atoms with Gasteiger partial charge < -0.3 is 14.8 Å². The number of aryl methyl sites for hydroxylation is 1. The first-order chi connectivity index (χ1) is 11.7. The first-order valence-corrected chi connectivity index (χ1v) is 8.11. The molecule has 1 N–H and O–H groups in total. The van der Waals surface area contributed by atoms with Crippen LogP contribution in [0.5, 0.6) is 11.5 Å². The highest BCUT2D eigenvalue weighted by Gasteiger charge is 2.09. The first-order valence-electron chi connectivity index (χ1n) is 8.11. The summed E-state index contributed by atoms with van der Waals surface area (Å²) in [5, 5.41) is 2.94. The Morgan fingerprint density at radius 1 is 1.04 bits per heavy atom. The highest BCUT2D eigenvalue weighted by atomic mass is 16.5. The molecule has 1 aromatic heterocycles. The van der Waals surface area contributed by atoms with Gasteiger partial charge in [-0.2, -0.15) is 4.57 Å². The van der Waals surface area contributed by atoms with Crippen LogP contribution in [0.3, 0.4) is 0 Å². The Balaban J connectivity index is 1.81. The van der Waals surface area contributed by atoms with Gasteiger partial charge in [-0.15, -0.1) is 0 Å². The number of hydrogen-bond donors (Lipinski definition) is 1. The number of methoxy groups -OCH3 is 2. The molecule has 2 aromatic rings. The first kappa shape index (κ1) is 17.8. The van der Waals surface area contributed by atoms with Crippen LogP contribution in [-0.2, 0) is 24.2 Å². The molecule has 0 aliphatic heterocycles. The maximum Gasteiger partial charge on any atom is 0.285 e. The molecular weight excluding hydrogens is 304 g/mol. The molecule has 0 aliphatic rings. The summed E-state index contributed by atoms with van der Waals surface area (Å²) in [4.78, 5) is 12.0. The number of carbonyl (C=O) groups excluding carboxylic acids is 1. The van der Waals surface area contributed by atoms with E-state index in [1.807, 2.05) is 47.3 Å². The fraction of sp³-hybridized carbons (Fsp3) is 0.368. The molecule has 2 rings (SSSR count). The van der Waals surface area contributed by atoms with Gasteiger partial charge in [-0.25, -0.2) is 0 Å². The molecule has 0 saturated carbocycles. The minimum absolute atomic E-state index is 0.00438. The van der Waals surface area contributed by atoms with Crippen LogP contribution in [0.15, 0.2) is 42.7 Å². The molecule has 1 heterocycles. The molecule has 24 heavy (non-hydrogen) atoms. The van der Waals surface area contributed by atoms with E-state index >= 15 is 0 Å². The van der Waals surface area contributed by atoms with E-state index < -0.39 is 0 Å². The number of benzene rings is 1. The predicted molar refractivity (Wildman–Crippen MR) is 92.3 cm³/mol. The van der Waals surface area contributed by atoms with Crippen LogP contribution in [0, 0.1) is 0 Å². The van der Waals surface area contributed by atoms with Crippen LogP contribution in [0.2, 0.25) is 0 Å². The van der Waals surface area contributed by atoms with Gasteiger partial charge in [0.05, 0.1) is 14.2 Å². The van der Waals surface area contributed by atoms with Gasteiger partial charge in [0.25, 0.3) is 5.91 Å². The van der Waals surface area contributed by atoms with Gasteiger partial charge in [-0.3, -0.25) is 4.79 Å². The number of amides is 1. The van der Waals surface area contributed by atoms with Crippen LogP contribution in [0.1, 0.15) is 18.1 Å². The lowest BCUT2D eigenvalue weighted by Gasteiger charge is -2.09. The number of pyridine rings is 1. The van der Waals surface area contributed by atoms with E-state index in [2.05, 4.69) is 12.2 Å². The fourth-order valence-electron chi connectivity index (χ4n) is 2.43. The summed E-state index contributed by atoms with van der Waals surface area (Å²) in [7, 11) is 3.23. The lowest BCUT2D eigenvalue weighted by atomic mass is 10.1. The van der Waals surface area contributed by atoms with Crippen LogP contribution < -0.4 is 19.4 Å². The van der Waals surface area contributed by atoms with E-state index in [4.69, 9.17) is 9.47 Å². The van der Waals surface area contributed by atoms with E-state index in [-0.39, 0.29) is 5.91 Å². The van der Waals surface area contributed by atoms with Crippen molar-refractivity contribution in [2.45, 2.75) is 26.3 Å². The lowest BCUT2D eigenvalue weighted by Crippen LogP contribution is -2.42. The molecule has 0 atom stereocenters. The quantitative estimate of drug-likeness (QED) is 0.753. The van der Waals surface area contributed by atoms with E-state index in [0.717, 1.165) is 18.4 Å². The molecule has 0 fully saturated rings. The third-order valence-corrected chi connectivity index (χ3v) is 3.88. The summed E-state index contributed by atoms with van der Waals surface area (Å²) in [6.07, 6.45) is 5.61. The van der Waals surface area contributed by atoms with E-state index in [9.17, 15) is 4.79 Å². The Labute approximate surface area is 143 Å². The molecule has 5 nitrogen and oxygen atoms in total.